The van der Waals surface area contributed by atoms with E-state index in [9.17, 15) is 0 Å². The van der Waals surface area contributed by atoms with Crippen molar-refractivity contribution in [3.8, 4) is 51.5 Å². The predicted octanol–water partition coefficient (Wildman–Crippen LogP) is 15.9. The van der Waals surface area contributed by atoms with Crippen molar-refractivity contribution >= 4 is 98.1 Å². The molecule has 6 aromatic heterocycles. The van der Waals surface area contributed by atoms with Crippen LogP contribution in [0.15, 0.2) is 217 Å². The number of H-pyrrole nitrogens is 1. The lowest BCUT2D eigenvalue weighted by Gasteiger charge is -2.11. The number of nitrogens with zero attached hydrogens (tertiary/aromatic N) is 7. The minimum atomic E-state index is 0.202. The summed E-state index contributed by atoms with van der Waals surface area (Å²) < 4.78 is 4.79. The molecule has 0 amide bonds. The van der Waals surface area contributed by atoms with E-state index in [1.54, 1.807) is 22.7 Å². The van der Waals surface area contributed by atoms with Crippen LogP contribution in [0, 0.1) is 0 Å². The molecule has 0 radical (unpaired) electrons. The van der Waals surface area contributed by atoms with Crippen LogP contribution in [0.1, 0.15) is 0 Å². The van der Waals surface area contributed by atoms with E-state index < -0.39 is 0 Å². The third kappa shape index (κ3) is 8.16. The van der Waals surface area contributed by atoms with E-state index in [2.05, 4.69) is 120 Å². The molecular weight excluding hydrogens is 908 g/mol. The Labute approximate surface area is 408 Å². The fraction of sp³-hybridized carbons (Fsp3) is 0. The van der Waals surface area contributed by atoms with Gasteiger partial charge in [-0.2, -0.15) is 19.9 Å². The molecule has 0 aliphatic carbocycles. The van der Waals surface area contributed by atoms with Crippen LogP contribution in [0.3, 0.4) is 0 Å². The van der Waals surface area contributed by atoms with Gasteiger partial charge in [-0.25, -0.2) is 9.97 Å². The molecule has 0 saturated heterocycles. The molecule has 0 spiro atoms. The van der Waals surface area contributed by atoms with Gasteiger partial charge in [-0.15, -0.1) is 22.7 Å². The van der Waals surface area contributed by atoms with Crippen LogP contribution in [-0.4, -0.2) is 39.5 Å². The summed E-state index contributed by atoms with van der Waals surface area (Å²) in [6.07, 6.45) is 0. The van der Waals surface area contributed by atoms with E-state index in [1.165, 1.54) is 52.8 Å². The highest BCUT2D eigenvalue weighted by atomic mass is 35.5. The van der Waals surface area contributed by atoms with Crippen molar-refractivity contribution in [3.63, 3.8) is 0 Å². The lowest BCUT2D eigenvalue weighted by Crippen LogP contribution is -2.06. The van der Waals surface area contributed by atoms with Gasteiger partial charge >= 0.3 is 0 Å². The fourth-order valence-electron chi connectivity index (χ4n) is 8.70. The molecule has 6 heterocycles. The molecule has 11 heteroatoms. The third-order valence-corrected chi connectivity index (χ3v) is 14.0. The normalized spacial score (nSPS) is 11.3. The summed E-state index contributed by atoms with van der Waals surface area (Å²) in [5.74, 6) is 3.11. The summed E-state index contributed by atoms with van der Waals surface area (Å²) in [5, 5.41) is 12.1. The molecule has 1 N–H and O–H groups in total. The number of benzene rings is 8. The number of thiophene rings is 2. The Kier molecular flexibility index (Phi) is 11.2. The predicted molar refractivity (Wildman–Crippen MR) is 287 cm³/mol. The molecule has 0 saturated carbocycles. The quantitative estimate of drug-likeness (QED) is 0.185. The second kappa shape index (κ2) is 18.3. The molecular formula is C58H37ClN8S2. The van der Waals surface area contributed by atoms with E-state index in [-0.39, 0.29) is 5.28 Å². The topological polar surface area (TPSA) is 98.1 Å². The molecule has 0 atom stereocenters. The summed E-state index contributed by atoms with van der Waals surface area (Å²) in [7, 11) is 0. The Hall–Kier alpha value is -8.41. The summed E-state index contributed by atoms with van der Waals surface area (Å²) in [6, 6.07) is 69.7. The van der Waals surface area contributed by atoms with E-state index in [4.69, 9.17) is 26.6 Å². The van der Waals surface area contributed by atoms with E-state index in [0.29, 0.717) is 29.2 Å². The first-order chi connectivity index (χ1) is 34.1. The minimum absolute atomic E-state index is 0.202. The highest BCUT2D eigenvalue weighted by Gasteiger charge is 2.20. The van der Waals surface area contributed by atoms with E-state index >= 15 is 0 Å². The molecule has 8 aromatic carbocycles. The Morgan fingerprint density at radius 2 is 0.826 bits per heavy atom. The second-order valence-electron chi connectivity index (χ2n) is 16.1. The lowest BCUT2D eigenvalue weighted by atomic mass is 10.1. The van der Waals surface area contributed by atoms with Crippen molar-refractivity contribution in [1.82, 2.24) is 39.5 Å². The number of hydrogen-bond acceptors (Lipinski definition) is 8. The Balaban J connectivity index is 0.000000118. The van der Waals surface area contributed by atoms with Gasteiger partial charge in [0.05, 0.1) is 25.9 Å². The van der Waals surface area contributed by atoms with Crippen LogP contribution in [0.25, 0.3) is 115 Å². The highest BCUT2D eigenvalue weighted by Crippen LogP contribution is 2.39. The van der Waals surface area contributed by atoms with Crippen molar-refractivity contribution in [2.24, 2.45) is 0 Å². The minimum Gasteiger partial charge on any atom is -0.353 e. The maximum absolute atomic E-state index is 5.99. The number of fused-ring (bicyclic) bond motifs is 10. The van der Waals surface area contributed by atoms with Gasteiger partial charge in [0.2, 0.25) is 11.2 Å². The molecule has 0 fully saturated rings. The van der Waals surface area contributed by atoms with Gasteiger partial charge < -0.3 is 4.98 Å². The van der Waals surface area contributed by atoms with Crippen LogP contribution >= 0.6 is 34.3 Å². The van der Waals surface area contributed by atoms with Crippen LogP contribution in [0.4, 0.5) is 0 Å². The first-order valence-corrected chi connectivity index (χ1v) is 24.4. The number of rotatable bonds is 5. The van der Waals surface area contributed by atoms with Gasteiger partial charge in [-0.3, -0.25) is 4.57 Å². The summed E-state index contributed by atoms with van der Waals surface area (Å²) in [6.45, 7) is 0. The maximum Gasteiger partial charge on any atom is 0.238 e. The van der Waals surface area contributed by atoms with Crippen molar-refractivity contribution in [1.29, 1.82) is 0 Å². The zero-order chi connectivity index (χ0) is 46.1. The van der Waals surface area contributed by atoms with Crippen molar-refractivity contribution < 1.29 is 0 Å². The van der Waals surface area contributed by atoms with Crippen molar-refractivity contribution in [2.45, 2.75) is 0 Å². The molecule has 328 valence electrons. The molecule has 0 bridgehead atoms. The third-order valence-electron chi connectivity index (χ3n) is 11.9. The summed E-state index contributed by atoms with van der Waals surface area (Å²) >= 11 is 9.54. The number of aromatic amines is 1. The molecule has 8 nitrogen and oxygen atoms in total. The van der Waals surface area contributed by atoms with Gasteiger partial charge in [-0.1, -0.05) is 182 Å². The number of hydrogen-bond donors (Lipinski definition) is 1. The molecule has 14 rings (SSSR count). The standard InChI is InChI=1S/C29H18N4S.C15H10ClN3.C14H9NS/c1-3-9-20(10-4-1)27-30-28(21-11-5-2-6-12-21)32-29(31-27)33-24-14-8-7-13-22(24)23-16-15-19-17-18-34-26(19)25(23)33;16-15-18-13(11-7-3-1-4-8-11)17-14(19-15)12-9-5-2-6-10-12;1-2-4-12-10(3-1)11-6-5-9-7-8-16-14(9)13(11)15-12/h1-18H;1-10H;1-8,15H. The smallest absolute Gasteiger partial charge is 0.238 e. The van der Waals surface area contributed by atoms with Crippen molar-refractivity contribution in [3.05, 3.63) is 222 Å². The van der Waals surface area contributed by atoms with Crippen LogP contribution in [0.2, 0.25) is 5.28 Å². The molecule has 14 aromatic rings. The number of para-hydroxylation sites is 2. The fourth-order valence-corrected chi connectivity index (χ4v) is 10.7. The molecule has 69 heavy (non-hydrogen) atoms. The highest BCUT2D eigenvalue weighted by molar-refractivity contribution is 7.18. The van der Waals surface area contributed by atoms with E-state index in [0.717, 1.165) is 33.3 Å². The lowest BCUT2D eigenvalue weighted by molar-refractivity contribution is 0.955. The average Bonchev–Trinajstić information content (AvgIpc) is 4.24. The Morgan fingerprint density at radius 3 is 1.39 bits per heavy atom. The zero-order valence-electron chi connectivity index (χ0n) is 36.6. The number of aromatic nitrogens is 8. The number of halogens is 1. The average molecular weight is 946 g/mol. The Bertz CT molecular complexity index is 3980. The Morgan fingerprint density at radius 1 is 0.377 bits per heavy atom. The largest absolute Gasteiger partial charge is 0.353 e. The van der Waals surface area contributed by atoms with Gasteiger partial charge in [0.25, 0.3) is 0 Å². The molecule has 0 aliphatic rings. The first-order valence-electron chi connectivity index (χ1n) is 22.3. The van der Waals surface area contributed by atoms with Gasteiger partial charge in [0, 0.05) is 49.3 Å². The van der Waals surface area contributed by atoms with Gasteiger partial charge in [-0.05, 0) is 57.4 Å². The van der Waals surface area contributed by atoms with Crippen molar-refractivity contribution in [2.75, 3.05) is 0 Å². The first kappa shape index (κ1) is 42.0. The van der Waals surface area contributed by atoms with Crippen LogP contribution in [-0.2, 0) is 0 Å². The summed E-state index contributed by atoms with van der Waals surface area (Å²) in [5.41, 5.74) is 8.48. The van der Waals surface area contributed by atoms with Gasteiger partial charge in [0.15, 0.2) is 23.3 Å². The van der Waals surface area contributed by atoms with E-state index in [1.807, 2.05) is 121 Å². The van der Waals surface area contributed by atoms with Gasteiger partial charge in [0.1, 0.15) is 0 Å². The monoisotopic (exact) mass is 944 g/mol. The SMILES string of the molecule is Clc1nc(-c2ccccc2)nc(-c2ccccc2)n1.c1ccc(-c2nc(-c3ccccc3)nc(-n3c4ccccc4c4ccc5ccsc5c43)n2)cc1.c1ccc2c(c1)[nH]c1c2ccc2ccsc21. The van der Waals surface area contributed by atoms with Crippen LogP contribution < -0.4 is 0 Å². The second-order valence-corrected chi connectivity index (χ2v) is 18.3. The number of nitrogens with one attached hydrogen (secondary N) is 1. The molecule has 0 unspecified atom stereocenters. The molecule has 0 aliphatic heterocycles. The maximum atomic E-state index is 5.99. The summed E-state index contributed by atoms with van der Waals surface area (Å²) in [4.78, 5) is 31.2. The van der Waals surface area contributed by atoms with Crippen LogP contribution in [0.5, 0.6) is 0 Å². The zero-order valence-corrected chi connectivity index (χ0v) is 39.0.